The summed E-state index contributed by atoms with van der Waals surface area (Å²) in [5.41, 5.74) is 0.545. The lowest BCUT2D eigenvalue weighted by atomic mass is 9.98. The second-order valence-corrected chi connectivity index (χ2v) is 6.68. The second-order valence-electron chi connectivity index (χ2n) is 6.68. The zero-order valence-corrected chi connectivity index (χ0v) is 16.4. The molecule has 28 heavy (non-hydrogen) atoms. The lowest BCUT2D eigenvalue weighted by Gasteiger charge is -2.28. The number of Topliss-reactive ketones (excluding diaryl/α,β-unsaturated/α-hetero) is 1. The van der Waals surface area contributed by atoms with Gasteiger partial charge in [0.05, 0.1) is 11.3 Å². The fourth-order valence-corrected chi connectivity index (χ4v) is 3.44. The minimum atomic E-state index is -0.748. The van der Waals surface area contributed by atoms with E-state index >= 15 is 0 Å². The number of aromatic nitrogens is 1. The van der Waals surface area contributed by atoms with Gasteiger partial charge in [-0.05, 0) is 44.3 Å². The van der Waals surface area contributed by atoms with Crippen LogP contribution in [0.1, 0.15) is 41.9 Å². The molecular weight excluding hydrogens is 358 g/mol. The number of hydrogen-bond acceptors (Lipinski definition) is 6. The van der Waals surface area contributed by atoms with E-state index in [1.165, 1.54) is 4.90 Å². The Balaban J connectivity index is 1.99. The van der Waals surface area contributed by atoms with Crippen molar-refractivity contribution in [3.05, 3.63) is 65.1 Å². The number of carbonyl (C=O) groups is 2. The van der Waals surface area contributed by atoms with Gasteiger partial charge in [0.1, 0.15) is 11.8 Å². The lowest BCUT2D eigenvalue weighted by Crippen LogP contribution is -2.38. The normalized spacial score (nSPS) is 17.1. The molecule has 1 amide bonds. The molecule has 0 bridgehead atoms. The van der Waals surface area contributed by atoms with Crippen LogP contribution in [-0.2, 0) is 4.79 Å². The van der Waals surface area contributed by atoms with Gasteiger partial charge >= 0.3 is 0 Å². The molecule has 0 aliphatic carbocycles. The van der Waals surface area contributed by atoms with Crippen LogP contribution in [0.4, 0.5) is 0 Å². The molecule has 0 aromatic carbocycles. The number of aliphatic hydroxyl groups excluding tert-OH is 1. The van der Waals surface area contributed by atoms with E-state index in [2.05, 4.69) is 23.7 Å². The number of aliphatic hydroxyl groups is 1. The monoisotopic (exact) mass is 383 g/mol. The Morgan fingerprint density at radius 1 is 1.25 bits per heavy atom. The van der Waals surface area contributed by atoms with Crippen LogP contribution >= 0.6 is 0 Å². The highest BCUT2D eigenvalue weighted by Gasteiger charge is 2.45. The predicted molar refractivity (Wildman–Crippen MR) is 104 cm³/mol. The van der Waals surface area contributed by atoms with Gasteiger partial charge in [0.2, 0.25) is 5.78 Å². The molecule has 3 rings (SSSR count). The van der Waals surface area contributed by atoms with E-state index < -0.39 is 23.5 Å². The summed E-state index contributed by atoms with van der Waals surface area (Å²) in [6.07, 6.45) is 1.61. The van der Waals surface area contributed by atoms with E-state index in [4.69, 9.17) is 4.42 Å². The molecule has 148 valence electrons. The maximum absolute atomic E-state index is 13.1. The molecule has 1 atom stereocenters. The summed E-state index contributed by atoms with van der Waals surface area (Å²) < 4.78 is 5.44. The van der Waals surface area contributed by atoms with Crippen molar-refractivity contribution in [3.63, 3.8) is 0 Å². The molecular formula is C21H25N3O4. The zero-order valence-electron chi connectivity index (χ0n) is 16.4. The Hall–Kier alpha value is -2.93. The number of aryl methyl sites for hydroxylation is 1. The number of amides is 1. The highest BCUT2D eigenvalue weighted by atomic mass is 16.3. The highest BCUT2D eigenvalue weighted by Crippen LogP contribution is 2.38. The van der Waals surface area contributed by atoms with Crippen LogP contribution in [-0.4, -0.2) is 57.8 Å². The Bertz CT molecular complexity index is 884. The van der Waals surface area contributed by atoms with Gasteiger partial charge in [-0.2, -0.15) is 0 Å². The minimum absolute atomic E-state index is 0.0117. The minimum Gasteiger partial charge on any atom is -0.503 e. The number of hydrogen-bond donors (Lipinski definition) is 1. The molecule has 2 aromatic rings. The van der Waals surface area contributed by atoms with Gasteiger partial charge in [0.15, 0.2) is 11.5 Å². The molecule has 0 saturated heterocycles. The third-order valence-electron chi connectivity index (χ3n) is 5.03. The van der Waals surface area contributed by atoms with Gasteiger partial charge in [-0.1, -0.05) is 19.9 Å². The van der Waals surface area contributed by atoms with Gasteiger partial charge in [0.25, 0.3) is 5.91 Å². The third-order valence-corrected chi connectivity index (χ3v) is 5.03. The van der Waals surface area contributed by atoms with Gasteiger partial charge in [-0.25, -0.2) is 0 Å². The standard InChI is InChI=1S/C21H25N3O4/c1-4-23(5-2)12-13-24-18(15-8-6-7-11-22-15)17(20(26)21(24)27)19(25)16-10-9-14(3)28-16/h6-11,18,26H,4-5,12-13H2,1-3H3/t18-/m0/s1. The average Bonchev–Trinajstić information content (AvgIpc) is 3.25. The third kappa shape index (κ3) is 3.71. The quantitative estimate of drug-likeness (QED) is 0.706. The van der Waals surface area contributed by atoms with Crippen LogP contribution in [0.2, 0.25) is 0 Å². The van der Waals surface area contributed by atoms with E-state index in [9.17, 15) is 14.7 Å². The summed E-state index contributed by atoms with van der Waals surface area (Å²) >= 11 is 0. The Morgan fingerprint density at radius 3 is 2.57 bits per heavy atom. The largest absolute Gasteiger partial charge is 0.503 e. The lowest BCUT2D eigenvalue weighted by molar-refractivity contribution is -0.129. The van der Waals surface area contributed by atoms with Crippen LogP contribution in [0.25, 0.3) is 0 Å². The number of likely N-dealkylation sites (N-methyl/N-ethyl adjacent to an activating group) is 1. The van der Waals surface area contributed by atoms with Crippen LogP contribution in [0.5, 0.6) is 0 Å². The maximum atomic E-state index is 13.1. The first-order valence-corrected chi connectivity index (χ1v) is 9.46. The number of rotatable bonds is 8. The van der Waals surface area contributed by atoms with Crippen molar-refractivity contribution >= 4 is 11.7 Å². The first-order valence-electron chi connectivity index (χ1n) is 9.46. The van der Waals surface area contributed by atoms with Gasteiger partial charge in [-0.3, -0.25) is 14.6 Å². The number of carbonyl (C=O) groups excluding carboxylic acids is 2. The molecule has 1 aliphatic heterocycles. The summed E-state index contributed by atoms with van der Waals surface area (Å²) in [6.45, 7) is 8.55. The van der Waals surface area contributed by atoms with Crippen molar-refractivity contribution in [3.8, 4) is 0 Å². The topological polar surface area (TPSA) is 86.9 Å². The molecule has 7 heteroatoms. The van der Waals surface area contributed by atoms with Crippen LogP contribution in [0.15, 0.2) is 52.3 Å². The smallest absolute Gasteiger partial charge is 0.290 e. The molecule has 0 saturated carbocycles. The summed E-state index contributed by atoms with van der Waals surface area (Å²) in [5, 5.41) is 10.6. The number of pyridine rings is 1. The fraction of sp³-hybridized carbons (Fsp3) is 0.381. The first-order chi connectivity index (χ1) is 13.5. The summed E-state index contributed by atoms with van der Waals surface area (Å²) in [4.78, 5) is 33.9. The molecule has 0 spiro atoms. The van der Waals surface area contributed by atoms with E-state index in [1.54, 1.807) is 43.5 Å². The first kappa shape index (κ1) is 19.8. The Morgan fingerprint density at radius 2 is 2.00 bits per heavy atom. The molecule has 0 fully saturated rings. The molecule has 3 heterocycles. The number of ketones is 1. The van der Waals surface area contributed by atoms with Crippen molar-refractivity contribution in [1.82, 2.24) is 14.8 Å². The van der Waals surface area contributed by atoms with E-state index in [1.807, 2.05) is 0 Å². The molecule has 0 radical (unpaired) electrons. The molecule has 2 aromatic heterocycles. The van der Waals surface area contributed by atoms with Gasteiger partial charge in [-0.15, -0.1) is 0 Å². The second kappa shape index (κ2) is 8.39. The Kier molecular flexibility index (Phi) is 5.94. The maximum Gasteiger partial charge on any atom is 0.290 e. The summed E-state index contributed by atoms with van der Waals surface area (Å²) in [6, 6.07) is 7.79. The fourth-order valence-electron chi connectivity index (χ4n) is 3.44. The van der Waals surface area contributed by atoms with Crippen LogP contribution in [0, 0.1) is 6.92 Å². The van der Waals surface area contributed by atoms with Crippen molar-refractivity contribution < 1.29 is 19.1 Å². The van der Waals surface area contributed by atoms with Gasteiger partial charge < -0.3 is 19.3 Å². The van der Waals surface area contributed by atoms with Crippen molar-refractivity contribution in [2.45, 2.75) is 26.8 Å². The summed E-state index contributed by atoms with van der Waals surface area (Å²) in [5.74, 6) is -0.914. The Labute approximate surface area is 164 Å². The summed E-state index contributed by atoms with van der Waals surface area (Å²) in [7, 11) is 0. The zero-order chi connectivity index (χ0) is 20.3. The number of furan rings is 1. The predicted octanol–water partition coefficient (Wildman–Crippen LogP) is 2.90. The van der Waals surface area contributed by atoms with Crippen LogP contribution < -0.4 is 0 Å². The molecule has 7 nitrogen and oxygen atoms in total. The van der Waals surface area contributed by atoms with E-state index in [0.717, 1.165) is 13.1 Å². The molecule has 1 N–H and O–H groups in total. The van der Waals surface area contributed by atoms with Gasteiger partial charge in [0, 0.05) is 19.3 Å². The van der Waals surface area contributed by atoms with E-state index in [-0.39, 0.29) is 11.3 Å². The molecule has 0 unspecified atom stereocenters. The van der Waals surface area contributed by atoms with E-state index in [0.29, 0.717) is 24.5 Å². The SMILES string of the molecule is CCN(CC)CCN1C(=O)C(O)=C(C(=O)c2ccc(C)o2)[C@@H]1c1ccccn1. The average molecular weight is 383 g/mol. The molecule has 1 aliphatic rings. The van der Waals surface area contributed by atoms with Crippen molar-refractivity contribution in [1.29, 1.82) is 0 Å². The van der Waals surface area contributed by atoms with Crippen molar-refractivity contribution in [2.75, 3.05) is 26.2 Å². The van der Waals surface area contributed by atoms with Crippen LogP contribution in [0.3, 0.4) is 0 Å². The van der Waals surface area contributed by atoms with Crippen molar-refractivity contribution in [2.24, 2.45) is 0 Å². The highest BCUT2D eigenvalue weighted by molar-refractivity contribution is 6.14. The number of nitrogens with zero attached hydrogens (tertiary/aromatic N) is 3.